The Hall–Kier alpha value is -0.570. The Morgan fingerprint density at radius 1 is 1.18 bits per heavy atom. The highest BCUT2D eigenvalue weighted by molar-refractivity contribution is 5.77. The maximum atomic E-state index is 11.9. The van der Waals surface area contributed by atoms with Crippen molar-refractivity contribution >= 4 is 5.91 Å². The lowest BCUT2D eigenvalue weighted by Crippen LogP contribution is -2.62. The first-order valence-electron chi connectivity index (χ1n) is 9.31. The van der Waals surface area contributed by atoms with E-state index in [1.54, 1.807) is 0 Å². The van der Waals surface area contributed by atoms with E-state index in [-0.39, 0.29) is 17.4 Å². The molecule has 0 spiro atoms. The second kappa shape index (κ2) is 4.72. The number of fused-ring (bicyclic) bond motifs is 5. The van der Waals surface area contributed by atoms with Crippen molar-refractivity contribution < 1.29 is 9.90 Å². The Morgan fingerprint density at radius 3 is 2.73 bits per heavy atom. The molecule has 8 atom stereocenters. The number of rotatable bonds is 0. The molecule has 0 bridgehead atoms. The first-order chi connectivity index (χ1) is 10.3. The molecule has 3 saturated carbocycles. The minimum absolute atomic E-state index is 0.0856. The predicted molar refractivity (Wildman–Crippen MR) is 86.1 cm³/mol. The van der Waals surface area contributed by atoms with Crippen LogP contribution in [0.5, 0.6) is 0 Å². The molecular formula is C19H31NO2. The summed E-state index contributed by atoms with van der Waals surface area (Å²) < 4.78 is 0. The van der Waals surface area contributed by atoms with Gasteiger partial charge in [0.15, 0.2) is 0 Å². The van der Waals surface area contributed by atoms with Gasteiger partial charge in [0.2, 0.25) is 5.91 Å². The van der Waals surface area contributed by atoms with E-state index in [4.69, 9.17) is 0 Å². The molecule has 1 saturated heterocycles. The molecule has 1 heterocycles. The third-order valence-corrected chi connectivity index (χ3v) is 8.21. The molecule has 4 rings (SSSR count). The highest BCUT2D eigenvalue weighted by Crippen LogP contribution is 2.65. The maximum absolute atomic E-state index is 11.9. The van der Waals surface area contributed by atoms with E-state index in [9.17, 15) is 9.90 Å². The topological polar surface area (TPSA) is 49.3 Å². The van der Waals surface area contributed by atoms with E-state index < -0.39 is 0 Å². The SMILES string of the molecule is C[C@H]1C[C@H]2NC(=O)CC[C@]2(C)C2CC[C@]3(C)C[C@@H](O)CC3C21. The van der Waals surface area contributed by atoms with Gasteiger partial charge in [0.1, 0.15) is 0 Å². The Morgan fingerprint density at radius 2 is 1.95 bits per heavy atom. The average Bonchev–Trinajstić information content (AvgIpc) is 2.75. The number of piperidine rings is 1. The minimum atomic E-state index is -0.0856. The number of carbonyl (C=O) groups is 1. The zero-order valence-corrected chi connectivity index (χ0v) is 14.3. The summed E-state index contributed by atoms with van der Waals surface area (Å²) in [6.45, 7) is 7.26. The molecule has 22 heavy (non-hydrogen) atoms. The van der Waals surface area contributed by atoms with Crippen molar-refractivity contribution in [1.29, 1.82) is 0 Å². The van der Waals surface area contributed by atoms with Gasteiger partial charge in [-0.05, 0) is 73.0 Å². The Balaban J connectivity index is 1.68. The molecule has 3 heteroatoms. The van der Waals surface area contributed by atoms with Gasteiger partial charge in [-0.1, -0.05) is 20.8 Å². The van der Waals surface area contributed by atoms with Crippen LogP contribution in [-0.2, 0) is 4.79 Å². The number of hydrogen-bond acceptors (Lipinski definition) is 2. The van der Waals surface area contributed by atoms with Gasteiger partial charge in [-0.3, -0.25) is 4.79 Å². The fourth-order valence-electron chi connectivity index (χ4n) is 7.07. The number of aliphatic hydroxyl groups excluding tert-OH is 1. The highest BCUT2D eigenvalue weighted by atomic mass is 16.3. The van der Waals surface area contributed by atoms with Gasteiger partial charge in [-0.25, -0.2) is 0 Å². The monoisotopic (exact) mass is 305 g/mol. The number of nitrogens with one attached hydrogen (secondary N) is 1. The van der Waals surface area contributed by atoms with Crippen molar-refractivity contribution in [3.8, 4) is 0 Å². The van der Waals surface area contributed by atoms with Crippen molar-refractivity contribution in [1.82, 2.24) is 5.32 Å². The summed E-state index contributed by atoms with van der Waals surface area (Å²) in [6.07, 6.45) is 7.37. The van der Waals surface area contributed by atoms with E-state index in [2.05, 4.69) is 26.1 Å². The van der Waals surface area contributed by atoms with Gasteiger partial charge in [0.05, 0.1) is 6.10 Å². The maximum Gasteiger partial charge on any atom is 0.220 e. The Bertz CT molecular complexity index is 492. The van der Waals surface area contributed by atoms with E-state index in [0.717, 1.165) is 37.5 Å². The van der Waals surface area contributed by atoms with Crippen molar-refractivity contribution in [2.75, 3.05) is 0 Å². The second-order valence-corrected chi connectivity index (χ2v) is 9.42. The van der Waals surface area contributed by atoms with Crippen LogP contribution in [0.25, 0.3) is 0 Å². The van der Waals surface area contributed by atoms with Crippen LogP contribution in [0, 0.1) is 34.5 Å². The molecule has 1 amide bonds. The van der Waals surface area contributed by atoms with Crippen LogP contribution < -0.4 is 5.32 Å². The molecule has 0 aromatic rings. The smallest absolute Gasteiger partial charge is 0.220 e. The molecule has 3 unspecified atom stereocenters. The Labute approximate surface area is 134 Å². The van der Waals surface area contributed by atoms with Gasteiger partial charge < -0.3 is 10.4 Å². The molecule has 124 valence electrons. The predicted octanol–water partition coefficient (Wildman–Crippen LogP) is 3.11. The number of aliphatic hydroxyl groups is 1. The molecule has 3 nitrogen and oxygen atoms in total. The van der Waals surface area contributed by atoms with Gasteiger partial charge in [-0.15, -0.1) is 0 Å². The van der Waals surface area contributed by atoms with E-state index in [1.165, 1.54) is 12.8 Å². The molecular weight excluding hydrogens is 274 g/mol. The van der Waals surface area contributed by atoms with Crippen molar-refractivity contribution in [2.24, 2.45) is 34.5 Å². The molecule has 4 aliphatic rings. The molecule has 0 radical (unpaired) electrons. The molecule has 0 aromatic heterocycles. The number of carbonyl (C=O) groups excluding carboxylic acids is 1. The van der Waals surface area contributed by atoms with Crippen molar-refractivity contribution in [2.45, 2.75) is 77.9 Å². The molecule has 4 fully saturated rings. The first kappa shape index (κ1) is 15.0. The van der Waals surface area contributed by atoms with E-state index in [0.29, 0.717) is 29.7 Å². The summed E-state index contributed by atoms with van der Waals surface area (Å²) in [5, 5.41) is 13.6. The molecule has 0 aromatic carbocycles. The first-order valence-corrected chi connectivity index (χ1v) is 9.31. The summed E-state index contributed by atoms with van der Waals surface area (Å²) in [7, 11) is 0. The van der Waals surface area contributed by atoms with Crippen LogP contribution in [0.4, 0.5) is 0 Å². The van der Waals surface area contributed by atoms with E-state index in [1.807, 2.05) is 0 Å². The molecule has 1 aliphatic heterocycles. The normalized spacial score (nSPS) is 57.5. The molecule has 3 aliphatic carbocycles. The van der Waals surface area contributed by atoms with Crippen LogP contribution in [-0.4, -0.2) is 23.2 Å². The average molecular weight is 305 g/mol. The van der Waals surface area contributed by atoms with Crippen LogP contribution >= 0.6 is 0 Å². The largest absolute Gasteiger partial charge is 0.393 e. The lowest BCUT2D eigenvalue weighted by Gasteiger charge is -2.61. The fourth-order valence-corrected chi connectivity index (χ4v) is 7.07. The standard InChI is InChI=1S/C19H31NO2/c1-11-8-15-19(3,7-5-16(22)20-15)13-4-6-18(2)10-12(21)9-14(18)17(11)13/h11-15,17,21H,4-10H2,1-3H3,(H,20,22)/t11-,12-,13?,14?,15+,17?,18+,19+/m0/s1. The summed E-state index contributed by atoms with van der Waals surface area (Å²) in [4.78, 5) is 11.9. The zero-order chi connectivity index (χ0) is 15.7. The van der Waals surface area contributed by atoms with Gasteiger partial charge in [0, 0.05) is 12.5 Å². The lowest BCUT2D eigenvalue weighted by molar-refractivity contribution is -0.141. The molecule has 2 N–H and O–H groups in total. The number of hydrogen-bond donors (Lipinski definition) is 2. The Kier molecular flexibility index (Phi) is 3.21. The van der Waals surface area contributed by atoms with Gasteiger partial charge >= 0.3 is 0 Å². The van der Waals surface area contributed by atoms with Crippen LogP contribution in [0.15, 0.2) is 0 Å². The van der Waals surface area contributed by atoms with Gasteiger partial charge in [-0.2, -0.15) is 0 Å². The lowest BCUT2D eigenvalue weighted by atomic mass is 9.45. The highest BCUT2D eigenvalue weighted by Gasteiger charge is 2.61. The van der Waals surface area contributed by atoms with Crippen molar-refractivity contribution in [3.63, 3.8) is 0 Å². The summed E-state index contributed by atoms with van der Waals surface area (Å²) >= 11 is 0. The summed E-state index contributed by atoms with van der Waals surface area (Å²) in [6, 6.07) is 0.376. The zero-order valence-electron chi connectivity index (χ0n) is 14.3. The van der Waals surface area contributed by atoms with Crippen LogP contribution in [0.3, 0.4) is 0 Å². The second-order valence-electron chi connectivity index (χ2n) is 9.42. The summed E-state index contributed by atoms with van der Waals surface area (Å²) in [5.41, 5.74) is 0.635. The van der Waals surface area contributed by atoms with Crippen molar-refractivity contribution in [3.05, 3.63) is 0 Å². The number of amides is 1. The third-order valence-electron chi connectivity index (χ3n) is 8.21. The fraction of sp³-hybridized carbons (Fsp3) is 0.947. The third kappa shape index (κ3) is 1.93. The summed E-state index contributed by atoms with van der Waals surface area (Å²) in [5.74, 6) is 3.07. The van der Waals surface area contributed by atoms with E-state index >= 15 is 0 Å². The quantitative estimate of drug-likeness (QED) is 0.722. The minimum Gasteiger partial charge on any atom is -0.393 e. The van der Waals surface area contributed by atoms with Crippen LogP contribution in [0.1, 0.15) is 65.7 Å². The van der Waals surface area contributed by atoms with Gasteiger partial charge in [0.25, 0.3) is 0 Å². The van der Waals surface area contributed by atoms with Crippen LogP contribution in [0.2, 0.25) is 0 Å².